The van der Waals surface area contributed by atoms with Crippen LogP contribution < -0.4 is 0 Å². The summed E-state index contributed by atoms with van der Waals surface area (Å²) in [6.45, 7) is 6.37. The van der Waals surface area contributed by atoms with Crippen LogP contribution in [0.4, 0.5) is 0 Å². The lowest BCUT2D eigenvalue weighted by Gasteiger charge is -2.18. The number of hydrogen-bond acceptors (Lipinski definition) is 6. The number of esters is 3. The van der Waals surface area contributed by atoms with Crippen molar-refractivity contribution >= 4 is 17.9 Å². The highest BCUT2D eigenvalue weighted by molar-refractivity contribution is 5.71. The summed E-state index contributed by atoms with van der Waals surface area (Å²) < 4.78 is 16.8. The van der Waals surface area contributed by atoms with Crippen molar-refractivity contribution < 1.29 is 28.6 Å². The highest BCUT2D eigenvalue weighted by Gasteiger charge is 2.19. The lowest BCUT2D eigenvalue weighted by molar-refractivity contribution is -0.167. The molecule has 0 saturated heterocycles. The number of unbranched alkanes of at least 4 members (excludes halogenated alkanes) is 24. The zero-order chi connectivity index (χ0) is 54.3. The lowest BCUT2D eigenvalue weighted by atomic mass is 10.0. The van der Waals surface area contributed by atoms with E-state index in [4.69, 9.17) is 14.2 Å². The Morgan fingerprint density at radius 1 is 0.280 bits per heavy atom. The second-order valence-electron chi connectivity index (χ2n) is 20.2. The molecule has 0 aromatic heterocycles. The van der Waals surface area contributed by atoms with Crippen molar-refractivity contribution in [2.75, 3.05) is 13.2 Å². The molecule has 6 heteroatoms. The van der Waals surface area contributed by atoms with Crippen molar-refractivity contribution in [3.05, 3.63) is 122 Å². The third kappa shape index (κ3) is 60.6. The molecule has 0 aliphatic carbocycles. The van der Waals surface area contributed by atoms with Crippen LogP contribution >= 0.6 is 0 Å². The smallest absolute Gasteiger partial charge is 0.306 e. The van der Waals surface area contributed by atoms with E-state index in [1.54, 1.807) is 0 Å². The predicted octanol–water partition coefficient (Wildman–Crippen LogP) is 21.2. The molecule has 426 valence electrons. The summed E-state index contributed by atoms with van der Waals surface area (Å²) >= 11 is 0. The van der Waals surface area contributed by atoms with Crippen LogP contribution in [0.1, 0.15) is 278 Å². The third-order valence-corrected chi connectivity index (χ3v) is 13.0. The molecule has 1 unspecified atom stereocenters. The Balaban J connectivity index is 4.24. The molecule has 0 aliphatic heterocycles. The van der Waals surface area contributed by atoms with E-state index in [1.807, 2.05) is 0 Å². The van der Waals surface area contributed by atoms with Crippen molar-refractivity contribution in [2.45, 2.75) is 284 Å². The van der Waals surface area contributed by atoms with Gasteiger partial charge in [0, 0.05) is 19.3 Å². The minimum absolute atomic E-state index is 0.0915. The summed E-state index contributed by atoms with van der Waals surface area (Å²) in [4.78, 5) is 38.1. The van der Waals surface area contributed by atoms with Crippen LogP contribution in [0.25, 0.3) is 0 Å². The maximum Gasteiger partial charge on any atom is 0.306 e. The molecule has 0 spiro atoms. The Morgan fingerprint density at radius 2 is 0.520 bits per heavy atom. The molecule has 0 aromatic carbocycles. The van der Waals surface area contributed by atoms with Crippen molar-refractivity contribution in [1.29, 1.82) is 0 Å². The lowest BCUT2D eigenvalue weighted by Crippen LogP contribution is -2.30. The van der Waals surface area contributed by atoms with Crippen LogP contribution in [0.15, 0.2) is 122 Å². The molecule has 0 amide bonds. The van der Waals surface area contributed by atoms with Crippen LogP contribution in [-0.2, 0) is 28.6 Å². The van der Waals surface area contributed by atoms with E-state index in [0.29, 0.717) is 12.8 Å². The SMILES string of the molecule is CC/C=C\C/C=C\C/C=C\C/C=C\C/C=C\CCCCCCCCCCCCCCCC(=O)OCC(COC(=O)CCCCCCCCCCC)OC(=O)CCCCC/C=C\C/C=C\C/C=C\C/C=C\C/C=C\CC. The first-order valence-corrected chi connectivity index (χ1v) is 31.0. The first-order valence-electron chi connectivity index (χ1n) is 31.0. The summed E-state index contributed by atoms with van der Waals surface area (Å²) in [5, 5.41) is 0. The van der Waals surface area contributed by atoms with Gasteiger partial charge in [-0.1, -0.05) is 271 Å². The van der Waals surface area contributed by atoms with Gasteiger partial charge in [0.2, 0.25) is 0 Å². The molecule has 6 nitrogen and oxygen atoms in total. The average Bonchev–Trinajstić information content (AvgIpc) is 3.41. The number of allylic oxidation sites excluding steroid dienone is 20. The van der Waals surface area contributed by atoms with Crippen LogP contribution in [0.3, 0.4) is 0 Å². The van der Waals surface area contributed by atoms with Gasteiger partial charge in [0.05, 0.1) is 0 Å². The number of ether oxygens (including phenoxy) is 3. The van der Waals surface area contributed by atoms with Gasteiger partial charge in [0.1, 0.15) is 13.2 Å². The largest absolute Gasteiger partial charge is 0.462 e. The average molecular weight is 1040 g/mol. The fourth-order valence-electron chi connectivity index (χ4n) is 8.38. The van der Waals surface area contributed by atoms with Crippen molar-refractivity contribution in [1.82, 2.24) is 0 Å². The van der Waals surface area contributed by atoms with Crippen molar-refractivity contribution in [2.24, 2.45) is 0 Å². The van der Waals surface area contributed by atoms with Crippen LogP contribution in [-0.4, -0.2) is 37.2 Å². The summed E-state index contributed by atoms with van der Waals surface area (Å²) in [7, 11) is 0. The van der Waals surface area contributed by atoms with Gasteiger partial charge in [-0.2, -0.15) is 0 Å². The van der Waals surface area contributed by atoms with Gasteiger partial charge >= 0.3 is 17.9 Å². The zero-order valence-electron chi connectivity index (χ0n) is 48.8. The Labute approximate surface area is 462 Å². The highest BCUT2D eigenvalue weighted by Crippen LogP contribution is 2.16. The Hall–Kier alpha value is -4.19. The van der Waals surface area contributed by atoms with Crippen molar-refractivity contribution in [3.63, 3.8) is 0 Å². The van der Waals surface area contributed by atoms with Crippen LogP contribution in [0, 0.1) is 0 Å². The summed E-state index contributed by atoms with van der Waals surface area (Å²) in [6, 6.07) is 0. The fraction of sp³-hybridized carbons (Fsp3) is 0.667. The maximum absolute atomic E-state index is 12.9. The molecule has 1 atom stereocenters. The first-order chi connectivity index (χ1) is 37.0. The monoisotopic (exact) mass is 1040 g/mol. The molecular weight excluding hydrogens is 925 g/mol. The minimum atomic E-state index is -0.796. The molecule has 0 saturated carbocycles. The number of carbonyl (C=O) groups excluding carboxylic acids is 3. The summed E-state index contributed by atoms with van der Waals surface area (Å²) in [5.41, 5.74) is 0. The highest BCUT2D eigenvalue weighted by atomic mass is 16.6. The molecular formula is C69H114O6. The number of hydrogen-bond donors (Lipinski definition) is 0. The van der Waals surface area contributed by atoms with Gasteiger partial charge in [0.25, 0.3) is 0 Å². The Kier molecular flexibility index (Phi) is 58.9. The second-order valence-corrected chi connectivity index (χ2v) is 20.2. The topological polar surface area (TPSA) is 78.9 Å². The minimum Gasteiger partial charge on any atom is -0.462 e. The van der Waals surface area contributed by atoms with Crippen LogP contribution in [0.2, 0.25) is 0 Å². The van der Waals surface area contributed by atoms with Crippen LogP contribution in [0.5, 0.6) is 0 Å². The summed E-state index contributed by atoms with van der Waals surface area (Å²) in [5.74, 6) is -0.925. The quantitative estimate of drug-likeness (QED) is 0.0261. The summed E-state index contributed by atoms with van der Waals surface area (Å²) in [6.07, 6.45) is 86.4. The van der Waals surface area contributed by atoms with E-state index in [2.05, 4.69) is 142 Å². The standard InChI is InChI=1S/C69H114O6/c1-4-7-10-13-16-19-21-23-25-27-29-30-31-32-33-34-35-36-37-38-40-41-43-45-47-50-53-56-59-62-68(71)74-65-66(64-73-67(70)61-58-55-52-49-18-15-12-9-6-3)75-69(72)63-60-57-54-51-48-46-44-42-39-28-26-24-22-20-17-14-11-8-5-2/h7-8,10-11,16-17,19-20,23-26,29-30,32-33,39,42,46,48,66H,4-6,9,12-15,18,21-22,27-28,31,34-38,40-41,43-45,47,49-65H2,1-3H3/b10-7-,11-8-,19-16-,20-17-,25-23-,26-24-,30-29-,33-32-,42-39-,48-46-. The zero-order valence-corrected chi connectivity index (χ0v) is 48.8. The normalized spacial score (nSPS) is 12.9. The second kappa shape index (κ2) is 62.4. The number of carbonyl (C=O) groups is 3. The van der Waals surface area contributed by atoms with E-state index in [-0.39, 0.29) is 37.5 Å². The Morgan fingerprint density at radius 3 is 0.827 bits per heavy atom. The van der Waals surface area contributed by atoms with Gasteiger partial charge < -0.3 is 14.2 Å². The first kappa shape index (κ1) is 70.8. The molecule has 0 fully saturated rings. The molecule has 0 aliphatic rings. The number of rotatable bonds is 55. The van der Waals surface area contributed by atoms with Crippen molar-refractivity contribution in [3.8, 4) is 0 Å². The molecule has 0 N–H and O–H groups in total. The van der Waals surface area contributed by atoms with E-state index in [1.165, 1.54) is 109 Å². The fourth-order valence-corrected chi connectivity index (χ4v) is 8.38. The van der Waals surface area contributed by atoms with E-state index in [9.17, 15) is 14.4 Å². The molecule has 0 aromatic rings. The van der Waals surface area contributed by atoms with E-state index >= 15 is 0 Å². The predicted molar refractivity (Wildman–Crippen MR) is 325 cm³/mol. The molecule has 0 rings (SSSR count). The maximum atomic E-state index is 12.9. The molecule has 75 heavy (non-hydrogen) atoms. The van der Waals surface area contributed by atoms with Gasteiger partial charge in [-0.25, -0.2) is 0 Å². The Bertz CT molecular complexity index is 1570. The van der Waals surface area contributed by atoms with Gasteiger partial charge in [-0.3, -0.25) is 14.4 Å². The van der Waals surface area contributed by atoms with Gasteiger partial charge in [0.15, 0.2) is 6.10 Å². The molecule has 0 bridgehead atoms. The van der Waals surface area contributed by atoms with E-state index < -0.39 is 6.10 Å². The molecule has 0 heterocycles. The third-order valence-electron chi connectivity index (χ3n) is 13.0. The van der Waals surface area contributed by atoms with Gasteiger partial charge in [-0.15, -0.1) is 0 Å². The van der Waals surface area contributed by atoms with Gasteiger partial charge in [-0.05, 0) is 109 Å². The molecule has 0 radical (unpaired) electrons. The van der Waals surface area contributed by atoms with E-state index in [0.717, 1.165) is 128 Å².